The Hall–Kier alpha value is -3.85. The Morgan fingerprint density at radius 3 is 2.63 bits per heavy atom. The van der Waals surface area contributed by atoms with Gasteiger partial charge in [0, 0.05) is 23.0 Å². The second kappa shape index (κ2) is 8.02. The van der Waals surface area contributed by atoms with Crippen molar-refractivity contribution in [2.24, 2.45) is 0 Å². The van der Waals surface area contributed by atoms with E-state index in [9.17, 15) is 9.18 Å². The molecule has 0 saturated carbocycles. The lowest BCUT2D eigenvalue weighted by Crippen LogP contribution is -2.20. The van der Waals surface area contributed by atoms with Gasteiger partial charge in [0.05, 0.1) is 5.69 Å². The maximum atomic E-state index is 13.7. The monoisotopic (exact) mass is 360 g/mol. The molecule has 0 bridgehead atoms. The van der Waals surface area contributed by atoms with Gasteiger partial charge in [0.1, 0.15) is 11.6 Å². The number of pyridine rings is 1. The van der Waals surface area contributed by atoms with E-state index in [-0.39, 0.29) is 5.69 Å². The van der Waals surface area contributed by atoms with Crippen LogP contribution in [0.5, 0.6) is 0 Å². The molecule has 0 aliphatic rings. The van der Waals surface area contributed by atoms with E-state index in [1.807, 2.05) is 13.0 Å². The zero-order chi connectivity index (χ0) is 19.2. The van der Waals surface area contributed by atoms with E-state index in [0.717, 1.165) is 11.1 Å². The van der Waals surface area contributed by atoms with Crippen molar-refractivity contribution >= 4 is 23.2 Å². The molecule has 0 unspecified atom stereocenters. The van der Waals surface area contributed by atoms with Gasteiger partial charge in [-0.25, -0.2) is 14.2 Å². The van der Waals surface area contributed by atoms with Crippen molar-refractivity contribution in [3.8, 4) is 11.8 Å². The number of aryl methyl sites for hydroxylation is 1. The summed E-state index contributed by atoms with van der Waals surface area (Å²) < 4.78 is 13.7. The molecule has 0 spiro atoms. The maximum absolute atomic E-state index is 13.7. The first-order valence-electron chi connectivity index (χ1n) is 8.17. The molecule has 3 rings (SSSR count). The lowest BCUT2D eigenvalue weighted by atomic mass is 10.2. The third-order valence-corrected chi connectivity index (χ3v) is 3.63. The lowest BCUT2D eigenvalue weighted by molar-refractivity contribution is 0.262. The van der Waals surface area contributed by atoms with Crippen molar-refractivity contribution in [3.63, 3.8) is 0 Å². The van der Waals surface area contributed by atoms with Gasteiger partial charge in [-0.2, -0.15) is 0 Å². The molecule has 0 fully saturated rings. The fraction of sp³-hybridized carbons (Fsp3) is 0.0476. The van der Waals surface area contributed by atoms with Gasteiger partial charge >= 0.3 is 6.03 Å². The van der Waals surface area contributed by atoms with E-state index in [1.54, 1.807) is 48.7 Å². The molecule has 4 N–H and O–H groups in total. The Bertz CT molecular complexity index is 1040. The van der Waals surface area contributed by atoms with Crippen LogP contribution in [0.25, 0.3) is 0 Å². The van der Waals surface area contributed by atoms with Gasteiger partial charge in [-0.3, -0.25) is 0 Å². The van der Waals surface area contributed by atoms with Crippen LogP contribution < -0.4 is 16.4 Å². The van der Waals surface area contributed by atoms with E-state index in [2.05, 4.69) is 27.5 Å². The highest BCUT2D eigenvalue weighted by Crippen LogP contribution is 2.16. The van der Waals surface area contributed by atoms with Gasteiger partial charge in [-0.15, -0.1) is 0 Å². The molecule has 6 heteroatoms. The highest BCUT2D eigenvalue weighted by atomic mass is 19.1. The van der Waals surface area contributed by atoms with E-state index in [4.69, 9.17) is 5.73 Å². The Balaban J connectivity index is 1.69. The molecule has 3 aromatic rings. The maximum Gasteiger partial charge on any atom is 0.323 e. The number of nitrogens with zero attached hydrogens (tertiary/aromatic N) is 1. The van der Waals surface area contributed by atoms with Gasteiger partial charge in [0.25, 0.3) is 0 Å². The van der Waals surface area contributed by atoms with Gasteiger partial charge in [-0.1, -0.05) is 24.0 Å². The summed E-state index contributed by atoms with van der Waals surface area (Å²) in [5.41, 5.74) is 8.51. The molecule has 1 heterocycles. The van der Waals surface area contributed by atoms with Crippen LogP contribution in [0.4, 0.5) is 26.4 Å². The number of nitrogens with one attached hydrogen (secondary N) is 2. The van der Waals surface area contributed by atoms with Crippen molar-refractivity contribution < 1.29 is 9.18 Å². The predicted molar refractivity (Wildman–Crippen MR) is 105 cm³/mol. The predicted octanol–water partition coefficient (Wildman–Crippen LogP) is 4.16. The highest BCUT2D eigenvalue weighted by Gasteiger charge is 2.07. The van der Waals surface area contributed by atoms with Crippen LogP contribution in [0.3, 0.4) is 0 Å². The minimum Gasteiger partial charge on any atom is -0.384 e. The number of anilines is 3. The molecule has 27 heavy (non-hydrogen) atoms. The van der Waals surface area contributed by atoms with Crippen LogP contribution in [-0.4, -0.2) is 11.0 Å². The van der Waals surface area contributed by atoms with E-state index in [1.165, 1.54) is 6.07 Å². The van der Waals surface area contributed by atoms with Gasteiger partial charge in [0.2, 0.25) is 0 Å². The van der Waals surface area contributed by atoms with Gasteiger partial charge in [0.15, 0.2) is 0 Å². The number of hydrogen-bond acceptors (Lipinski definition) is 3. The van der Waals surface area contributed by atoms with E-state index >= 15 is 0 Å². The number of nitrogen functional groups attached to an aromatic ring is 1. The number of aromatic nitrogens is 1. The molecular weight excluding hydrogens is 343 g/mol. The smallest absolute Gasteiger partial charge is 0.323 e. The third-order valence-electron chi connectivity index (χ3n) is 3.63. The molecule has 5 nitrogen and oxygen atoms in total. The molecule has 1 aromatic heterocycles. The number of nitrogens with two attached hydrogens (primary N) is 1. The van der Waals surface area contributed by atoms with Crippen LogP contribution in [0, 0.1) is 24.6 Å². The molecule has 2 amide bonds. The fourth-order valence-corrected chi connectivity index (χ4v) is 2.32. The summed E-state index contributed by atoms with van der Waals surface area (Å²) in [7, 11) is 0. The van der Waals surface area contributed by atoms with Crippen LogP contribution in [0.2, 0.25) is 0 Å². The summed E-state index contributed by atoms with van der Waals surface area (Å²) in [5.74, 6) is 5.91. The summed E-state index contributed by atoms with van der Waals surface area (Å²) in [6.45, 7) is 1.82. The number of benzene rings is 2. The van der Waals surface area contributed by atoms with Crippen LogP contribution in [-0.2, 0) is 0 Å². The first-order chi connectivity index (χ1) is 13.0. The normalized spacial score (nSPS) is 9.85. The topological polar surface area (TPSA) is 80.0 Å². The van der Waals surface area contributed by atoms with Crippen LogP contribution in [0.1, 0.15) is 16.7 Å². The van der Waals surface area contributed by atoms with Crippen molar-refractivity contribution in [2.45, 2.75) is 6.92 Å². The number of carbonyl (C=O) groups is 1. The zero-order valence-corrected chi connectivity index (χ0v) is 14.6. The molecule has 0 radical (unpaired) electrons. The van der Waals surface area contributed by atoms with Crippen molar-refractivity contribution in [3.05, 3.63) is 83.3 Å². The Kier molecular flexibility index (Phi) is 5.33. The molecular formula is C21H17FN4O. The fourth-order valence-electron chi connectivity index (χ4n) is 2.32. The molecule has 0 aliphatic carbocycles. The Morgan fingerprint density at radius 1 is 1.04 bits per heavy atom. The SMILES string of the molecule is Cc1ccc(F)c(NC(=O)Nc2cccc(C#Cc3ccc(N)nc3)c2)c1. The Labute approximate surface area is 156 Å². The largest absolute Gasteiger partial charge is 0.384 e. The summed E-state index contributed by atoms with van der Waals surface area (Å²) in [6, 6.07) is 14.5. The third kappa shape index (κ3) is 5.06. The highest BCUT2D eigenvalue weighted by molar-refractivity contribution is 5.99. The molecule has 0 atom stereocenters. The summed E-state index contributed by atoms with van der Waals surface area (Å²) in [4.78, 5) is 16.1. The number of amides is 2. The van der Waals surface area contributed by atoms with E-state index < -0.39 is 11.8 Å². The molecule has 0 aliphatic heterocycles. The van der Waals surface area contributed by atoms with Crippen molar-refractivity contribution in [1.29, 1.82) is 0 Å². The molecule has 0 saturated heterocycles. The average Bonchev–Trinajstić information content (AvgIpc) is 2.64. The number of hydrogen-bond donors (Lipinski definition) is 3. The second-order valence-corrected chi connectivity index (χ2v) is 5.86. The molecule has 134 valence electrons. The number of rotatable bonds is 2. The molecule has 2 aromatic carbocycles. The summed E-state index contributed by atoms with van der Waals surface area (Å²) in [6.07, 6.45) is 1.59. The minimum atomic E-state index is -0.535. The van der Waals surface area contributed by atoms with Gasteiger partial charge < -0.3 is 16.4 Å². The van der Waals surface area contributed by atoms with E-state index in [0.29, 0.717) is 17.1 Å². The first-order valence-corrected chi connectivity index (χ1v) is 8.17. The van der Waals surface area contributed by atoms with Crippen molar-refractivity contribution in [2.75, 3.05) is 16.4 Å². The van der Waals surface area contributed by atoms with Gasteiger partial charge in [-0.05, 0) is 55.0 Å². The standard InChI is InChI=1S/C21H17FN4O/c1-14-5-9-18(22)19(11-14)26-21(27)25-17-4-2-3-15(12-17)6-7-16-8-10-20(23)24-13-16/h2-5,8-13H,1H3,(H2,23,24)(H2,25,26,27). The van der Waals surface area contributed by atoms with Crippen LogP contribution in [0.15, 0.2) is 60.8 Å². The second-order valence-electron chi connectivity index (χ2n) is 5.86. The number of carbonyl (C=O) groups excluding carboxylic acids is 1. The summed E-state index contributed by atoms with van der Waals surface area (Å²) >= 11 is 0. The zero-order valence-electron chi connectivity index (χ0n) is 14.6. The number of urea groups is 1. The minimum absolute atomic E-state index is 0.124. The van der Waals surface area contributed by atoms with Crippen LogP contribution >= 0.6 is 0 Å². The Morgan fingerprint density at radius 2 is 1.85 bits per heavy atom. The average molecular weight is 360 g/mol. The lowest BCUT2D eigenvalue weighted by Gasteiger charge is -2.09. The number of halogens is 1. The first kappa shape index (κ1) is 18.0. The van der Waals surface area contributed by atoms with Crippen molar-refractivity contribution in [1.82, 2.24) is 4.98 Å². The quantitative estimate of drug-likeness (QED) is 0.601. The summed E-state index contributed by atoms with van der Waals surface area (Å²) in [5, 5.41) is 5.17.